The van der Waals surface area contributed by atoms with Crippen molar-refractivity contribution in [3.8, 4) is 11.6 Å². The molecule has 1 aliphatic heterocycles. The first-order valence-electron chi connectivity index (χ1n) is 5.43. The number of hydrogen-bond acceptors (Lipinski definition) is 4. The van der Waals surface area contributed by atoms with Gasteiger partial charge in [-0.15, -0.1) is 0 Å². The molecule has 5 nitrogen and oxygen atoms in total. The largest absolute Gasteiger partial charge is 0.440 e. The fourth-order valence-corrected chi connectivity index (χ4v) is 2.19. The third kappa shape index (κ3) is 1.75. The zero-order valence-electron chi connectivity index (χ0n) is 9.32. The maximum absolute atomic E-state index is 11.8. The summed E-state index contributed by atoms with van der Waals surface area (Å²) in [5, 5.41) is 9.10. The zero-order valence-corrected chi connectivity index (χ0v) is 10.1. The summed E-state index contributed by atoms with van der Waals surface area (Å²) in [6.07, 6.45) is 0.458. The number of aliphatic hydroxyl groups is 1. The Labute approximate surface area is 107 Å². The molecule has 2 heterocycles. The number of nitrogens with one attached hydrogen (secondary N) is 2. The Morgan fingerprint density at radius 1 is 1.39 bits per heavy atom. The molecule has 18 heavy (non-hydrogen) atoms. The molecule has 0 aliphatic carbocycles. The maximum Gasteiger partial charge on any atom is 0.259 e. The van der Waals surface area contributed by atoms with Gasteiger partial charge >= 0.3 is 0 Å². The predicted molar refractivity (Wildman–Crippen MR) is 67.5 cm³/mol. The summed E-state index contributed by atoms with van der Waals surface area (Å²) in [5.74, 6) is 1.07. The Morgan fingerprint density at radius 3 is 3.00 bits per heavy atom. The molecule has 1 aromatic carbocycles. The number of H-pyrrole nitrogens is 2. The van der Waals surface area contributed by atoms with Crippen LogP contribution in [0.3, 0.4) is 0 Å². The molecule has 0 spiro atoms. The second kappa shape index (κ2) is 4.08. The van der Waals surface area contributed by atoms with E-state index in [-0.39, 0.29) is 16.9 Å². The predicted octanol–water partition coefficient (Wildman–Crippen LogP) is 1.62. The lowest BCUT2D eigenvalue weighted by molar-refractivity contribution is 0.281. The summed E-state index contributed by atoms with van der Waals surface area (Å²) in [4.78, 5) is 17.1. The fraction of sp³-hybridized carbons (Fsp3) is 0.167. The molecule has 0 unspecified atom stereocenters. The third-order valence-electron chi connectivity index (χ3n) is 2.89. The molecule has 0 saturated heterocycles. The van der Waals surface area contributed by atoms with Gasteiger partial charge in [0.15, 0.2) is 4.77 Å². The van der Waals surface area contributed by atoms with Crippen molar-refractivity contribution in [2.24, 2.45) is 0 Å². The normalized spacial score (nSPS) is 12.5. The SMILES string of the molecule is O=c1[nH]c(=S)[nH]c2c1Cc1cc(CO)ccc1O2. The Morgan fingerprint density at radius 2 is 2.22 bits per heavy atom. The van der Waals surface area contributed by atoms with Crippen molar-refractivity contribution in [1.82, 2.24) is 9.97 Å². The summed E-state index contributed by atoms with van der Waals surface area (Å²) in [6.45, 7) is -0.0340. The molecule has 1 aliphatic rings. The van der Waals surface area contributed by atoms with Crippen LogP contribution in [0.4, 0.5) is 0 Å². The number of fused-ring (bicyclic) bond motifs is 2. The molecule has 2 aromatic rings. The summed E-state index contributed by atoms with van der Waals surface area (Å²) in [7, 11) is 0. The van der Waals surface area contributed by atoms with Crippen LogP contribution < -0.4 is 10.3 Å². The van der Waals surface area contributed by atoms with Crippen molar-refractivity contribution in [2.75, 3.05) is 0 Å². The van der Waals surface area contributed by atoms with Gasteiger partial charge in [0.05, 0.1) is 12.2 Å². The smallest absolute Gasteiger partial charge is 0.259 e. The van der Waals surface area contributed by atoms with E-state index in [2.05, 4.69) is 9.97 Å². The summed E-state index contributed by atoms with van der Waals surface area (Å²) < 4.78 is 5.86. The lowest BCUT2D eigenvalue weighted by atomic mass is 10.0. The Hall–Kier alpha value is -1.92. The van der Waals surface area contributed by atoms with Gasteiger partial charge in [0.25, 0.3) is 5.56 Å². The molecule has 6 heteroatoms. The molecule has 0 atom stereocenters. The summed E-state index contributed by atoms with van der Waals surface area (Å²) in [5.41, 5.74) is 1.95. The van der Waals surface area contributed by atoms with Crippen LogP contribution in [0.15, 0.2) is 23.0 Å². The lowest BCUT2D eigenvalue weighted by Gasteiger charge is -2.19. The molecule has 0 fully saturated rings. The number of aromatic nitrogens is 2. The van der Waals surface area contributed by atoms with Crippen LogP contribution in [-0.2, 0) is 13.0 Å². The second-order valence-corrected chi connectivity index (χ2v) is 4.50. The number of benzene rings is 1. The first kappa shape index (κ1) is 11.2. The maximum atomic E-state index is 11.8. The van der Waals surface area contributed by atoms with Crippen molar-refractivity contribution in [2.45, 2.75) is 13.0 Å². The first-order valence-corrected chi connectivity index (χ1v) is 5.84. The van der Waals surface area contributed by atoms with Crippen LogP contribution in [0.1, 0.15) is 16.7 Å². The third-order valence-corrected chi connectivity index (χ3v) is 3.09. The van der Waals surface area contributed by atoms with E-state index < -0.39 is 0 Å². The van der Waals surface area contributed by atoms with E-state index in [1.54, 1.807) is 12.1 Å². The second-order valence-electron chi connectivity index (χ2n) is 4.09. The summed E-state index contributed by atoms with van der Waals surface area (Å²) >= 11 is 4.90. The topological polar surface area (TPSA) is 78.1 Å². The van der Waals surface area contributed by atoms with Crippen molar-refractivity contribution in [1.29, 1.82) is 0 Å². The van der Waals surface area contributed by atoms with Gasteiger partial charge < -0.3 is 14.8 Å². The Kier molecular flexibility index (Phi) is 2.53. The molecule has 1 aromatic heterocycles. The highest BCUT2D eigenvalue weighted by molar-refractivity contribution is 7.71. The highest BCUT2D eigenvalue weighted by Crippen LogP contribution is 2.33. The number of ether oxygens (including phenoxy) is 1. The Bertz CT molecular complexity index is 733. The monoisotopic (exact) mass is 262 g/mol. The van der Waals surface area contributed by atoms with E-state index >= 15 is 0 Å². The van der Waals surface area contributed by atoms with Crippen molar-refractivity contribution in [3.05, 3.63) is 50.0 Å². The number of hydrogen-bond donors (Lipinski definition) is 3. The minimum absolute atomic E-state index is 0.0340. The highest BCUT2D eigenvalue weighted by atomic mass is 32.1. The quantitative estimate of drug-likeness (QED) is 0.582. The van der Waals surface area contributed by atoms with Crippen LogP contribution in [0.2, 0.25) is 0 Å². The zero-order chi connectivity index (χ0) is 12.7. The van der Waals surface area contributed by atoms with Crippen LogP contribution >= 0.6 is 12.2 Å². The summed E-state index contributed by atoms with van der Waals surface area (Å²) in [6, 6.07) is 5.40. The molecule has 0 radical (unpaired) electrons. The van der Waals surface area contributed by atoms with Gasteiger partial charge in [-0.2, -0.15) is 0 Å². The minimum atomic E-state index is -0.242. The highest BCUT2D eigenvalue weighted by Gasteiger charge is 2.20. The number of aliphatic hydroxyl groups excluding tert-OH is 1. The molecule has 0 bridgehead atoms. The molecule has 3 rings (SSSR count). The van der Waals surface area contributed by atoms with Crippen LogP contribution in [0, 0.1) is 4.77 Å². The fourth-order valence-electron chi connectivity index (χ4n) is 2.01. The van der Waals surface area contributed by atoms with E-state index in [1.807, 2.05) is 6.07 Å². The first-order chi connectivity index (χ1) is 8.67. The lowest BCUT2D eigenvalue weighted by Crippen LogP contribution is -2.19. The van der Waals surface area contributed by atoms with Gasteiger partial charge in [-0.3, -0.25) is 9.78 Å². The van der Waals surface area contributed by atoms with Crippen molar-refractivity contribution in [3.63, 3.8) is 0 Å². The van der Waals surface area contributed by atoms with Crippen molar-refractivity contribution < 1.29 is 9.84 Å². The van der Waals surface area contributed by atoms with Gasteiger partial charge in [-0.1, -0.05) is 6.07 Å². The van der Waals surface area contributed by atoms with E-state index in [0.29, 0.717) is 23.6 Å². The van der Waals surface area contributed by atoms with Gasteiger partial charge in [-0.05, 0) is 35.5 Å². The van der Waals surface area contributed by atoms with Crippen molar-refractivity contribution >= 4 is 12.2 Å². The molecular weight excluding hydrogens is 252 g/mol. The average Bonchev–Trinajstić information content (AvgIpc) is 2.36. The number of rotatable bonds is 1. The standard InChI is InChI=1S/C12H10N2O3S/c15-5-6-1-2-9-7(3-6)4-8-10(16)13-12(18)14-11(8)17-9/h1-3,15H,4-5H2,(H2,13,14,16,18). The van der Waals surface area contributed by atoms with E-state index in [1.165, 1.54) is 0 Å². The number of aromatic amines is 2. The Balaban J connectivity index is 2.14. The van der Waals surface area contributed by atoms with Crippen LogP contribution in [0.25, 0.3) is 0 Å². The van der Waals surface area contributed by atoms with Crippen LogP contribution in [0.5, 0.6) is 11.6 Å². The van der Waals surface area contributed by atoms with E-state index in [0.717, 1.165) is 11.1 Å². The molecule has 92 valence electrons. The molecular formula is C12H10N2O3S. The van der Waals surface area contributed by atoms with E-state index in [4.69, 9.17) is 22.1 Å². The molecule has 0 saturated carbocycles. The van der Waals surface area contributed by atoms with Gasteiger partial charge in [0.2, 0.25) is 5.88 Å². The van der Waals surface area contributed by atoms with Gasteiger partial charge in [-0.25, -0.2) is 0 Å². The average molecular weight is 262 g/mol. The van der Waals surface area contributed by atoms with Gasteiger partial charge in [0, 0.05) is 6.42 Å². The van der Waals surface area contributed by atoms with Gasteiger partial charge in [0.1, 0.15) is 5.75 Å². The molecule has 0 amide bonds. The molecule has 3 N–H and O–H groups in total. The van der Waals surface area contributed by atoms with Crippen LogP contribution in [-0.4, -0.2) is 15.1 Å². The minimum Gasteiger partial charge on any atom is -0.440 e. The van der Waals surface area contributed by atoms with E-state index in [9.17, 15) is 4.79 Å².